The van der Waals surface area contributed by atoms with Crippen molar-refractivity contribution in [3.05, 3.63) is 102 Å². The van der Waals surface area contributed by atoms with Gasteiger partial charge in [0.25, 0.3) is 0 Å². The highest BCUT2D eigenvalue weighted by atomic mass is 32.1. The Morgan fingerprint density at radius 3 is 2.81 bits per heavy atom. The third-order valence-electron chi connectivity index (χ3n) is 6.21. The zero-order valence-electron chi connectivity index (χ0n) is 20.0. The molecule has 0 radical (unpaired) electrons. The van der Waals surface area contributed by atoms with Crippen LogP contribution in [0.25, 0.3) is 0 Å². The van der Waals surface area contributed by atoms with Crippen molar-refractivity contribution < 1.29 is 13.9 Å². The summed E-state index contributed by atoms with van der Waals surface area (Å²) in [7, 11) is 1.50. The first-order chi connectivity index (χ1) is 17.5. The summed E-state index contributed by atoms with van der Waals surface area (Å²) < 4.78 is 12.7. The zero-order chi connectivity index (χ0) is 25.1. The van der Waals surface area contributed by atoms with E-state index < -0.39 is 0 Å². The van der Waals surface area contributed by atoms with Crippen LogP contribution in [0.1, 0.15) is 34.8 Å². The minimum atomic E-state index is -0.199. The van der Waals surface area contributed by atoms with Gasteiger partial charge in [-0.25, -0.2) is 0 Å². The second-order valence-corrected chi connectivity index (χ2v) is 9.00. The van der Waals surface area contributed by atoms with E-state index in [9.17, 15) is 4.79 Å². The summed E-state index contributed by atoms with van der Waals surface area (Å²) in [5.41, 5.74) is 4.55. The molecule has 4 aromatic rings. The van der Waals surface area contributed by atoms with Gasteiger partial charge in [-0.1, -0.05) is 6.07 Å². The van der Waals surface area contributed by atoms with E-state index in [-0.39, 0.29) is 24.6 Å². The average molecular weight is 502 g/mol. The van der Waals surface area contributed by atoms with E-state index in [1.54, 1.807) is 12.5 Å². The van der Waals surface area contributed by atoms with Crippen LogP contribution in [0, 0.1) is 6.92 Å². The minimum absolute atomic E-state index is 0.00180. The van der Waals surface area contributed by atoms with Crippen LogP contribution in [0.3, 0.4) is 0 Å². The molecule has 4 heterocycles. The first-order valence-corrected chi connectivity index (χ1v) is 12.0. The van der Waals surface area contributed by atoms with E-state index in [1.165, 1.54) is 7.11 Å². The smallest absolute Gasteiger partial charge is 0.250 e. The van der Waals surface area contributed by atoms with Crippen molar-refractivity contribution in [3.8, 4) is 0 Å². The number of aromatic nitrogens is 2. The molecule has 1 saturated heterocycles. The van der Waals surface area contributed by atoms with E-state index in [0.717, 1.165) is 34.1 Å². The average Bonchev–Trinajstić information content (AvgIpc) is 3.62. The molecular weight excluding hydrogens is 474 g/mol. The molecule has 8 nitrogen and oxygen atoms in total. The largest absolute Gasteiger partial charge is 0.467 e. The van der Waals surface area contributed by atoms with Gasteiger partial charge in [0.15, 0.2) is 5.11 Å². The van der Waals surface area contributed by atoms with Crippen LogP contribution in [0.2, 0.25) is 0 Å². The van der Waals surface area contributed by atoms with Crippen LogP contribution in [-0.2, 0) is 16.1 Å². The predicted octanol–water partition coefficient (Wildman–Crippen LogP) is 4.59. The normalized spacial score (nSPS) is 17.3. The highest BCUT2D eigenvalue weighted by molar-refractivity contribution is 7.80. The van der Waals surface area contributed by atoms with E-state index in [4.69, 9.17) is 21.4 Å². The number of hydrogen-bond acceptors (Lipinski definition) is 5. The third-order valence-corrected chi connectivity index (χ3v) is 6.52. The van der Waals surface area contributed by atoms with Gasteiger partial charge in [0.2, 0.25) is 5.91 Å². The second-order valence-electron chi connectivity index (χ2n) is 8.62. The Morgan fingerprint density at radius 1 is 1.19 bits per heavy atom. The van der Waals surface area contributed by atoms with Crippen LogP contribution < -0.4 is 15.5 Å². The number of thiocarbonyl (C=S) groups is 1. The first-order valence-electron chi connectivity index (χ1n) is 11.6. The van der Waals surface area contributed by atoms with Crippen molar-refractivity contribution in [2.45, 2.75) is 25.6 Å². The predicted molar refractivity (Wildman–Crippen MR) is 142 cm³/mol. The molecule has 1 aliphatic heterocycles. The van der Waals surface area contributed by atoms with Gasteiger partial charge in [0.1, 0.15) is 18.4 Å². The number of furan rings is 1. The van der Waals surface area contributed by atoms with Gasteiger partial charge >= 0.3 is 0 Å². The van der Waals surface area contributed by atoms with Crippen LogP contribution in [-0.4, -0.2) is 34.3 Å². The van der Waals surface area contributed by atoms with Crippen LogP contribution in [0.4, 0.5) is 11.4 Å². The van der Waals surface area contributed by atoms with Gasteiger partial charge in [0, 0.05) is 36.6 Å². The Morgan fingerprint density at radius 2 is 2.08 bits per heavy atom. The lowest BCUT2D eigenvalue weighted by atomic mass is 10.0. The molecule has 1 fully saturated rings. The Balaban J connectivity index is 1.54. The van der Waals surface area contributed by atoms with Gasteiger partial charge in [-0.2, -0.15) is 0 Å². The summed E-state index contributed by atoms with van der Waals surface area (Å²) in [6.07, 6.45) is 5.53. The van der Waals surface area contributed by atoms with E-state index in [2.05, 4.69) is 31.2 Å². The van der Waals surface area contributed by atoms with E-state index in [0.29, 0.717) is 11.7 Å². The Bertz CT molecular complexity index is 1350. The summed E-state index contributed by atoms with van der Waals surface area (Å²) in [4.78, 5) is 18.8. The molecule has 1 amide bonds. The molecule has 3 aromatic heterocycles. The second kappa shape index (κ2) is 10.3. The van der Waals surface area contributed by atoms with Crippen LogP contribution in [0.5, 0.6) is 0 Å². The molecule has 184 valence electrons. The van der Waals surface area contributed by atoms with Gasteiger partial charge in [0.05, 0.1) is 24.5 Å². The fourth-order valence-corrected chi connectivity index (χ4v) is 4.94. The highest BCUT2D eigenvalue weighted by Gasteiger charge is 2.42. The minimum Gasteiger partial charge on any atom is -0.467 e. The van der Waals surface area contributed by atoms with Crippen molar-refractivity contribution in [1.29, 1.82) is 0 Å². The molecule has 5 rings (SSSR count). The lowest BCUT2D eigenvalue weighted by molar-refractivity contribution is -0.119. The van der Waals surface area contributed by atoms with Crippen LogP contribution in [0.15, 0.2) is 83.7 Å². The fraction of sp³-hybridized carbons (Fsp3) is 0.222. The lowest BCUT2D eigenvalue weighted by Crippen LogP contribution is -2.30. The number of carbonyl (C=O) groups excluding carboxylic acids is 1. The number of nitrogens with one attached hydrogen (secondary N) is 2. The summed E-state index contributed by atoms with van der Waals surface area (Å²) >= 11 is 5.86. The Hall–Kier alpha value is -3.95. The number of ether oxygens (including phenoxy) is 1. The number of amides is 1. The summed E-state index contributed by atoms with van der Waals surface area (Å²) in [5, 5.41) is 7.00. The van der Waals surface area contributed by atoms with Gasteiger partial charge in [-0.3, -0.25) is 9.78 Å². The molecule has 0 aliphatic carbocycles. The molecule has 2 N–H and O–H groups in total. The Kier molecular flexibility index (Phi) is 6.84. The van der Waals surface area contributed by atoms with Gasteiger partial charge in [-0.05, 0) is 79.3 Å². The van der Waals surface area contributed by atoms with Gasteiger partial charge in [-0.15, -0.1) is 0 Å². The summed E-state index contributed by atoms with van der Waals surface area (Å²) in [6.45, 7) is 2.57. The van der Waals surface area contributed by atoms with Crippen molar-refractivity contribution in [3.63, 3.8) is 0 Å². The third kappa shape index (κ3) is 4.75. The van der Waals surface area contributed by atoms with E-state index >= 15 is 0 Å². The topological polar surface area (TPSA) is 84.6 Å². The quantitative estimate of drug-likeness (QED) is 0.342. The summed E-state index contributed by atoms with van der Waals surface area (Å²) in [5.74, 6) is 0.671. The maximum atomic E-state index is 12.0. The molecule has 0 saturated carbocycles. The zero-order valence-corrected chi connectivity index (χ0v) is 20.9. The molecule has 2 atom stereocenters. The molecular formula is C27H27N5O3S. The maximum absolute atomic E-state index is 12.0. The molecule has 9 heteroatoms. The highest BCUT2D eigenvalue weighted by Crippen LogP contribution is 2.42. The summed E-state index contributed by atoms with van der Waals surface area (Å²) in [6, 6.07) is 19.5. The maximum Gasteiger partial charge on any atom is 0.250 e. The van der Waals surface area contributed by atoms with Crippen molar-refractivity contribution >= 4 is 34.6 Å². The number of rotatable bonds is 8. The fourth-order valence-electron chi connectivity index (χ4n) is 4.60. The number of nitrogens with zero attached hydrogens (tertiary/aromatic N) is 3. The first kappa shape index (κ1) is 23.8. The van der Waals surface area contributed by atoms with Crippen molar-refractivity contribution in [2.24, 2.45) is 0 Å². The number of methoxy groups -OCH3 is 1. The standard InChI is InChI=1S/C27H27N5O3S/c1-18-15-19(10-11-21(18)29-24(33)17-34-2)32-26(25(30-27(32)36)22-8-3-4-12-28-22)23-9-5-13-31(23)16-20-7-6-14-35-20/h3-15,25-26H,16-17H2,1-2H3,(H,29,33)(H,30,36)/t25-,26+/m1/s1. The van der Waals surface area contributed by atoms with Crippen LogP contribution >= 0.6 is 12.2 Å². The van der Waals surface area contributed by atoms with Crippen molar-refractivity contribution in [1.82, 2.24) is 14.9 Å². The number of anilines is 2. The SMILES string of the molecule is COCC(=O)Nc1ccc(N2C(=S)N[C@H](c3ccccn3)[C@@H]2c2cccn2Cc2ccco2)cc1C. The monoisotopic (exact) mass is 501 g/mol. The molecule has 36 heavy (non-hydrogen) atoms. The molecule has 1 aromatic carbocycles. The molecule has 0 unspecified atom stereocenters. The number of hydrogen-bond donors (Lipinski definition) is 2. The number of benzene rings is 1. The van der Waals surface area contributed by atoms with Gasteiger partial charge < -0.3 is 29.3 Å². The number of carbonyl (C=O) groups is 1. The molecule has 1 aliphatic rings. The molecule has 0 bridgehead atoms. The number of aryl methyl sites for hydroxylation is 1. The van der Waals surface area contributed by atoms with E-state index in [1.807, 2.05) is 67.7 Å². The lowest BCUT2D eigenvalue weighted by Gasteiger charge is -2.29. The number of pyridine rings is 1. The van der Waals surface area contributed by atoms with Crippen molar-refractivity contribution in [2.75, 3.05) is 23.9 Å². The molecule has 0 spiro atoms. The Labute approximate surface area is 214 Å².